The third-order valence-corrected chi connectivity index (χ3v) is 5.98. The number of aromatic nitrogens is 5. The molecule has 0 atom stereocenters. The molecule has 0 aromatic carbocycles. The molecular formula is C25H31N7O3. The average molecular weight is 478 g/mol. The number of hydrogen-bond donors (Lipinski definition) is 2. The number of fused-ring (bicyclic) bond motifs is 1. The molecule has 35 heavy (non-hydrogen) atoms. The van der Waals surface area contributed by atoms with Gasteiger partial charge < -0.3 is 19.8 Å². The van der Waals surface area contributed by atoms with Gasteiger partial charge in [-0.25, -0.2) is 15.0 Å². The zero-order valence-corrected chi connectivity index (χ0v) is 20.2. The molecule has 0 aliphatic heterocycles. The number of anilines is 1. The van der Waals surface area contributed by atoms with Gasteiger partial charge in [0.2, 0.25) is 11.8 Å². The SMILES string of the molecule is CN(C)C(=O)/C=C/CCCC(=O)Nc1cccn(Cc2nc3c(CCC4CC4)ncnc3[nH]2)c1=O. The summed E-state index contributed by atoms with van der Waals surface area (Å²) >= 11 is 0. The number of H-pyrrole nitrogens is 1. The summed E-state index contributed by atoms with van der Waals surface area (Å²) in [6, 6.07) is 3.31. The van der Waals surface area contributed by atoms with Crippen molar-refractivity contribution in [3.05, 3.63) is 58.7 Å². The summed E-state index contributed by atoms with van der Waals surface area (Å²) in [6.45, 7) is 0.228. The number of carbonyl (C=O) groups excluding carboxylic acids is 2. The zero-order chi connectivity index (χ0) is 24.8. The van der Waals surface area contributed by atoms with E-state index in [1.807, 2.05) is 0 Å². The van der Waals surface area contributed by atoms with Crippen LogP contribution in [-0.4, -0.2) is 55.3 Å². The molecule has 3 aromatic rings. The molecule has 2 amide bonds. The monoisotopic (exact) mass is 477 g/mol. The summed E-state index contributed by atoms with van der Waals surface area (Å²) in [5.74, 6) is 1.08. The molecule has 2 N–H and O–H groups in total. The molecule has 1 saturated carbocycles. The Balaban J connectivity index is 1.36. The summed E-state index contributed by atoms with van der Waals surface area (Å²) in [5, 5.41) is 2.70. The molecule has 0 spiro atoms. The Morgan fingerprint density at radius 1 is 1.29 bits per heavy atom. The van der Waals surface area contributed by atoms with Crippen LogP contribution in [0.25, 0.3) is 11.2 Å². The first-order valence-corrected chi connectivity index (χ1v) is 12.0. The number of pyridine rings is 1. The van der Waals surface area contributed by atoms with Crippen LogP contribution < -0.4 is 10.9 Å². The average Bonchev–Trinajstić information content (AvgIpc) is 3.57. The van der Waals surface area contributed by atoms with Gasteiger partial charge in [-0.05, 0) is 49.8 Å². The molecular weight excluding hydrogens is 446 g/mol. The lowest BCUT2D eigenvalue weighted by Gasteiger charge is -2.08. The molecule has 3 aromatic heterocycles. The highest BCUT2D eigenvalue weighted by atomic mass is 16.2. The maximum atomic E-state index is 12.9. The van der Waals surface area contributed by atoms with Crippen molar-refractivity contribution in [2.75, 3.05) is 19.4 Å². The number of nitrogens with one attached hydrogen (secondary N) is 2. The Kier molecular flexibility index (Phi) is 7.69. The molecule has 10 heteroatoms. The third kappa shape index (κ3) is 6.62. The molecule has 0 unspecified atom stereocenters. The van der Waals surface area contributed by atoms with Gasteiger partial charge in [-0.15, -0.1) is 0 Å². The highest BCUT2D eigenvalue weighted by molar-refractivity contribution is 5.90. The Labute approximate surface area is 203 Å². The largest absolute Gasteiger partial charge is 0.345 e. The third-order valence-electron chi connectivity index (χ3n) is 5.98. The van der Waals surface area contributed by atoms with E-state index in [4.69, 9.17) is 0 Å². The van der Waals surface area contributed by atoms with Gasteiger partial charge in [-0.2, -0.15) is 0 Å². The van der Waals surface area contributed by atoms with Crippen molar-refractivity contribution in [1.29, 1.82) is 0 Å². The molecule has 0 bridgehead atoms. The minimum atomic E-state index is -0.308. The first-order valence-electron chi connectivity index (χ1n) is 12.0. The zero-order valence-electron chi connectivity index (χ0n) is 20.2. The Morgan fingerprint density at radius 2 is 2.11 bits per heavy atom. The van der Waals surface area contributed by atoms with Crippen LogP contribution in [0.5, 0.6) is 0 Å². The van der Waals surface area contributed by atoms with E-state index in [0.29, 0.717) is 24.3 Å². The lowest BCUT2D eigenvalue weighted by molar-refractivity contribution is -0.123. The van der Waals surface area contributed by atoms with E-state index in [2.05, 4.69) is 25.3 Å². The number of likely N-dealkylation sites (N-methyl/N-ethyl adjacent to an activating group) is 1. The summed E-state index contributed by atoms with van der Waals surface area (Å²) in [7, 11) is 3.37. The van der Waals surface area contributed by atoms with Gasteiger partial charge in [0.15, 0.2) is 5.65 Å². The van der Waals surface area contributed by atoms with Crippen LogP contribution in [0.2, 0.25) is 0 Å². The highest BCUT2D eigenvalue weighted by Crippen LogP contribution is 2.33. The Morgan fingerprint density at radius 3 is 2.89 bits per heavy atom. The molecule has 184 valence electrons. The lowest BCUT2D eigenvalue weighted by atomic mass is 10.1. The fraction of sp³-hybridized carbons (Fsp3) is 0.440. The van der Waals surface area contributed by atoms with E-state index in [-0.39, 0.29) is 36.0 Å². The molecule has 0 saturated heterocycles. The van der Waals surface area contributed by atoms with Crippen molar-refractivity contribution in [2.24, 2.45) is 5.92 Å². The van der Waals surface area contributed by atoms with Crippen LogP contribution in [0.15, 0.2) is 41.6 Å². The van der Waals surface area contributed by atoms with E-state index < -0.39 is 0 Å². The van der Waals surface area contributed by atoms with Crippen molar-refractivity contribution in [3.63, 3.8) is 0 Å². The van der Waals surface area contributed by atoms with Gasteiger partial charge in [0.25, 0.3) is 5.56 Å². The first-order chi connectivity index (χ1) is 16.9. The van der Waals surface area contributed by atoms with Crippen molar-refractivity contribution < 1.29 is 9.59 Å². The molecule has 1 aliphatic carbocycles. The second-order valence-corrected chi connectivity index (χ2v) is 9.11. The van der Waals surface area contributed by atoms with Crippen LogP contribution in [0.3, 0.4) is 0 Å². The summed E-state index contributed by atoms with van der Waals surface area (Å²) in [4.78, 5) is 54.8. The Hall–Kier alpha value is -3.82. The number of nitrogens with zero attached hydrogens (tertiary/aromatic N) is 5. The number of allylic oxidation sites excluding steroid dienone is 1. The number of carbonyl (C=O) groups is 2. The van der Waals surface area contributed by atoms with Gasteiger partial charge >= 0.3 is 0 Å². The number of hydrogen-bond acceptors (Lipinski definition) is 6. The molecule has 1 fully saturated rings. The fourth-order valence-corrected chi connectivity index (χ4v) is 3.77. The summed E-state index contributed by atoms with van der Waals surface area (Å²) in [5.41, 5.74) is 2.26. The first kappa shape index (κ1) is 24.3. The van der Waals surface area contributed by atoms with Crippen molar-refractivity contribution in [3.8, 4) is 0 Å². The van der Waals surface area contributed by atoms with Crippen molar-refractivity contribution in [1.82, 2.24) is 29.4 Å². The van der Waals surface area contributed by atoms with E-state index >= 15 is 0 Å². The standard InChI is InChI=1S/C25H31N7O3/c1-31(2)22(34)9-5-3-4-8-21(33)28-19-7-6-14-32(25(19)35)15-20-29-23-18(13-12-17-10-11-17)26-16-27-24(23)30-20/h5-7,9,14,16-17H,3-4,8,10-13,15H2,1-2H3,(H,28,33)(H,26,27,29,30)/b9-5+. The topological polar surface area (TPSA) is 126 Å². The number of rotatable bonds is 11. The van der Waals surface area contributed by atoms with Crippen LogP contribution in [0.1, 0.15) is 50.0 Å². The van der Waals surface area contributed by atoms with Gasteiger partial charge in [0.1, 0.15) is 23.4 Å². The fourth-order valence-electron chi connectivity index (χ4n) is 3.77. The highest BCUT2D eigenvalue weighted by Gasteiger charge is 2.22. The quantitative estimate of drug-likeness (QED) is 0.323. The molecule has 0 radical (unpaired) electrons. The van der Waals surface area contributed by atoms with Crippen molar-refractivity contribution in [2.45, 2.75) is 51.5 Å². The van der Waals surface area contributed by atoms with Gasteiger partial charge in [-0.1, -0.05) is 18.9 Å². The van der Waals surface area contributed by atoms with Crippen molar-refractivity contribution >= 4 is 28.7 Å². The minimum Gasteiger partial charge on any atom is -0.345 e. The van der Waals surface area contributed by atoms with Crippen LogP contribution in [0.4, 0.5) is 5.69 Å². The number of aromatic amines is 1. The van der Waals surface area contributed by atoms with E-state index in [9.17, 15) is 14.4 Å². The normalized spacial score (nSPS) is 13.4. The number of amides is 2. The number of imidazole rings is 1. The molecule has 3 heterocycles. The molecule has 4 rings (SSSR count). The van der Waals surface area contributed by atoms with Gasteiger partial charge in [0.05, 0.1) is 12.2 Å². The Bertz CT molecular complexity index is 1290. The predicted octanol–water partition coefficient (Wildman–Crippen LogP) is 2.66. The smallest absolute Gasteiger partial charge is 0.274 e. The summed E-state index contributed by atoms with van der Waals surface area (Å²) < 4.78 is 1.50. The number of aryl methyl sites for hydroxylation is 1. The maximum absolute atomic E-state index is 12.9. The predicted molar refractivity (Wildman–Crippen MR) is 133 cm³/mol. The summed E-state index contributed by atoms with van der Waals surface area (Å²) in [6.07, 6.45) is 12.5. The minimum absolute atomic E-state index is 0.0923. The van der Waals surface area contributed by atoms with E-state index in [0.717, 1.165) is 30.0 Å². The second kappa shape index (κ2) is 11.1. The molecule has 1 aliphatic rings. The maximum Gasteiger partial charge on any atom is 0.274 e. The lowest BCUT2D eigenvalue weighted by Crippen LogP contribution is -2.26. The molecule has 10 nitrogen and oxygen atoms in total. The van der Waals surface area contributed by atoms with Gasteiger partial charge in [0, 0.05) is 26.7 Å². The van der Waals surface area contributed by atoms with E-state index in [1.165, 1.54) is 28.4 Å². The second-order valence-electron chi connectivity index (χ2n) is 9.11. The van der Waals surface area contributed by atoms with Gasteiger partial charge in [-0.3, -0.25) is 14.4 Å². The van der Waals surface area contributed by atoms with Crippen LogP contribution in [-0.2, 0) is 22.6 Å². The van der Waals surface area contributed by atoms with Crippen LogP contribution >= 0.6 is 0 Å². The number of unbranched alkanes of at least 4 members (excludes halogenated alkanes) is 1. The van der Waals surface area contributed by atoms with Crippen LogP contribution in [0, 0.1) is 5.92 Å². The van der Waals surface area contributed by atoms with E-state index in [1.54, 1.807) is 44.8 Å².